The van der Waals surface area contributed by atoms with Crippen molar-refractivity contribution in [2.45, 2.75) is 44.7 Å². The molecule has 1 aromatic heterocycles. The second kappa shape index (κ2) is 5.90. The molecule has 0 saturated heterocycles. The van der Waals surface area contributed by atoms with E-state index in [0.717, 1.165) is 48.7 Å². The summed E-state index contributed by atoms with van der Waals surface area (Å²) in [6.45, 7) is 2.81. The zero-order valence-electron chi connectivity index (χ0n) is 12.5. The predicted octanol–water partition coefficient (Wildman–Crippen LogP) is 2.90. The molecule has 1 amide bonds. The molecule has 1 aliphatic rings. The predicted molar refractivity (Wildman–Crippen MR) is 85.2 cm³/mol. The van der Waals surface area contributed by atoms with Crippen molar-refractivity contribution < 1.29 is 4.79 Å². The summed E-state index contributed by atoms with van der Waals surface area (Å²) in [6, 6.07) is 8.52. The molecular weight excluding hydrogens is 262 g/mol. The summed E-state index contributed by atoms with van der Waals surface area (Å²) in [7, 11) is 0. The lowest BCUT2D eigenvalue weighted by molar-refractivity contribution is 0.0641. The number of aromatic amines is 1. The van der Waals surface area contributed by atoms with E-state index in [0.29, 0.717) is 12.1 Å². The molecule has 1 fully saturated rings. The maximum atomic E-state index is 12.8. The summed E-state index contributed by atoms with van der Waals surface area (Å²) in [4.78, 5) is 18.0. The minimum absolute atomic E-state index is 0.140. The van der Waals surface area contributed by atoms with Gasteiger partial charge in [0.15, 0.2) is 0 Å². The highest BCUT2D eigenvalue weighted by atomic mass is 16.2. The molecule has 3 N–H and O–H groups in total. The van der Waals surface area contributed by atoms with Crippen LogP contribution < -0.4 is 5.73 Å². The van der Waals surface area contributed by atoms with E-state index in [1.807, 2.05) is 35.4 Å². The molecule has 2 aromatic rings. The van der Waals surface area contributed by atoms with Crippen LogP contribution in [0.1, 0.15) is 43.0 Å². The van der Waals surface area contributed by atoms with Gasteiger partial charge in [-0.05, 0) is 56.9 Å². The molecule has 3 rings (SSSR count). The van der Waals surface area contributed by atoms with Crippen molar-refractivity contribution in [1.82, 2.24) is 9.88 Å². The van der Waals surface area contributed by atoms with Gasteiger partial charge in [-0.3, -0.25) is 4.79 Å². The first-order chi connectivity index (χ1) is 10.2. The van der Waals surface area contributed by atoms with E-state index in [4.69, 9.17) is 5.73 Å². The Kier molecular flexibility index (Phi) is 3.97. The zero-order valence-corrected chi connectivity index (χ0v) is 12.5. The second-order valence-electron chi connectivity index (χ2n) is 5.94. The third-order valence-electron chi connectivity index (χ3n) is 4.58. The van der Waals surface area contributed by atoms with E-state index < -0.39 is 0 Å². The first-order valence-corrected chi connectivity index (χ1v) is 7.82. The van der Waals surface area contributed by atoms with Crippen molar-refractivity contribution in [3.63, 3.8) is 0 Å². The zero-order chi connectivity index (χ0) is 14.8. The van der Waals surface area contributed by atoms with Gasteiger partial charge in [-0.25, -0.2) is 0 Å². The standard InChI is InChI=1S/C17H23N3O/c1-2-20(15-6-4-14(18)5-7-15)17(21)13-3-8-16-12(11-13)9-10-19-16/h3,8-11,14-15,19H,2,4-7,18H2,1H3. The summed E-state index contributed by atoms with van der Waals surface area (Å²) in [5, 5.41) is 1.09. The highest BCUT2D eigenvalue weighted by Crippen LogP contribution is 2.24. The summed E-state index contributed by atoms with van der Waals surface area (Å²) in [5.74, 6) is 0.140. The number of H-pyrrole nitrogens is 1. The van der Waals surface area contributed by atoms with Crippen molar-refractivity contribution in [2.75, 3.05) is 6.54 Å². The number of nitrogens with two attached hydrogens (primary N) is 1. The van der Waals surface area contributed by atoms with Crippen molar-refractivity contribution in [1.29, 1.82) is 0 Å². The third-order valence-corrected chi connectivity index (χ3v) is 4.58. The van der Waals surface area contributed by atoms with Crippen molar-refractivity contribution >= 4 is 16.8 Å². The van der Waals surface area contributed by atoms with Crippen LogP contribution in [-0.4, -0.2) is 34.4 Å². The molecule has 1 aliphatic carbocycles. The molecule has 0 spiro atoms. The lowest BCUT2D eigenvalue weighted by Gasteiger charge is -2.35. The van der Waals surface area contributed by atoms with Crippen LogP contribution in [-0.2, 0) is 0 Å². The Morgan fingerprint density at radius 3 is 2.76 bits per heavy atom. The topological polar surface area (TPSA) is 62.1 Å². The Bertz CT molecular complexity index is 626. The molecule has 1 aromatic carbocycles. The Morgan fingerprint density at radius 1 is 1.29 bits per heavy atom. The fraction of sp³-hybridized carbons (Fsp3) is 0.471. The normalized spacial score (nSPS) is 22.4. The summed E-state index contributed by atoms with van der Waals surface area (Å²) >= 11 is 0. The van der Waals surface area contributed by atoms with Gasteiger partial charge in [0.25, 0.3) is 5.91 Å². The van der Waals surface area contributed by atoms with E-state index >= 15 is 0 Å². The number of carbonyl (C=O) groups is 1. The van der Waals surface area contributed by atoms with Crippen LogP contribution in [0, 0.1) is 0 Å². The number of amides is 1. The number of fused-ring (bicyclic) bond motifs is 1. The van der Waals surface area contributed by atoms with Gasteiger partial charge in [0, 0.05) is 41.3 Å². The van der Waals surface area contributed by atoms with Gasteiger partial charge in [0.2, 0.25) is 0 Å². The minimum Gasteiger partial charge on any atom is -0.361 e. The molecule has 0 unspecified atom stereocenters. The third kappa shape index (κ3) is 2.81. The lowest BCUT2D eigenvalue weighted by atomic mass is 9.90. The van der Waals surface area contributed by atoms with Gasteiger partial charge in [-0.15, -0.1) is 0 Å². The van der Waals surface area contributed by atoms with Gasteiger partial charge in [0.1, 0.15) is 0 Å². The molecular formula is C17H23N3O. The molecule has 1 saturated carbocycles. The van der Waals surface area contributed by atoms with Crippen molar-refractivity contribution in [2.24, 2.45) is 5.73 Å². The number of carbonyl (C=O) groups excluding carboxylic acids is 1. The number of aromatic nitrogens is 1. The van der Waals surface area contributed by atoms with Crippen molar-refractivity contribution in [3.05, 3.63) is 36.0 Å². The van der Waals surface area contributed by atoms with Crippen LogP contribution >= 0.6 is 0 Å². The summed E-state index contributed by atoms with van der Waals surface area (Å²) in [5.41, 5.74) is 7.81. The molecule has 112 valence electrons. The molecule has 21 heavy (non-hydrogen) atoms. The van der Waals surface area contributed by atoms with Crippen molar-refractivity contribution in [3.8, 4) is 0 Å². The Morgan fingerprint density at radius 2 is 2.05 bits per heavy atom. The highest BCUT2D eigenvalue weighted by molar-refractivity contribution is 5.98. The number of hydrogen-bond acceptors (Lipinski definition) is 2. The monoisotopic (exact) mass is 285 g/mol. The highest BCUT2D eigenvalue weighted by Gasteiger charge is 2.27. The number of nitrogens with zero attached hydrogens (tertiary/aromatic N) is 1. The van der Waals surface area contributed by atoms with E-state index in [-0.39, 0.29) is 5.91 Å². The largest absolute Gasteiger partial charge is 0.361 e. The molecule has 0 bridgehead atoms. The van der Waals surface area contributed by atoms with E-state index in [1.165, 1.54) is 0 Å². The number of nitrogens with one attached hydrogen (secondary N) is 1. The van der Waals surface area contributed by atoms with Gasteiger partial charge in [-0.2, -0.15) is 0 Å². The molecule has 0 aliphatic heterocycles. The second-order valence-corrected chi connectivity index (χ2v) is 5.94. The van der Waals surface area contributed by atoms with Crippen LogP contribution in [0.3, 0.4) is 0 Å². The average molecular weight is 285 g/mol. The van der Waals surface area contributed by atoms with Crippen LogP contribution in [0.25, 0.3) is 10.9 Å². The number of benzene rings is 1. The summed E-state index contributed by atoms with van der Waals surface area (Å²) in [6.07, 6.45) is 5.98. The van der Waals surface area contributed by atoms with Gasteiger partial charge < -0.3 is 15.6 Å². The smallest absolute Gasteiger partial charge is 0.254 e. The minimum atomic E-state index is 0.140. The molecule has 1 heterocycles. The van der Waals surface area contributed by atoms with Gasteiger partial charge in [0.05, 0.1) is 0 Å². The maximum Gasteiger partial charge on any atom is 0.254 e. The fourth-order valence-corrected chi connectivity index (χ4v) is 3.33. The molecule has 0 radical (unpaired) electrons. The van der Waals surface area contributed by atoms with E-state index in [1.54, 1.807) is 0 Å². The first kappa shape index (κ1) is 14.1. The molecule has 4 nitrogen and oxygen atoms in total. The quantitative estimate of drug-likeness (QED) is 0.911. The lowest BCUT2D eigenvalue weighted by Crippen LogP contribution is -2.44. The maximum absolute atomic E-state index is 12.8. The van der Waals surface area contributed by atoms with E-state index in [9.17, 15) is 4.79 Å². The van der Waals surface area contributed by atoms with Crippen LogP contribution in [0.4, 0.5) is 0 Å². The first-order valence-electron chi connectivity index (χ1n) is 7.82. The fourth-order valence-electron chi connectivity index (χ4n) is 3.33. The van der Waals surface area contributed by atoms with E-state index in [2.05, 4.69) is 11.9 Å². The van der Waals surface area contributed by atoms with Gasteiger partial charge in [-0.1, -0.05) is 0 Å². The summed E-state index contributed by atoms with van der Waals surface area (Å²) < 4.78 is 0. The molecule has 4 heteroatoms. The van der Waals surface area contributed by atoms with Crippen LogP contribution in [0.2, 0.25) is 0 Å². The van der Waals surface area contributed by atoms with Crippen LogP contribution in [0.15, 0.2) is 30.5 Å². The number of hydrogen-bond donors (Lipinski definition) is 2. The van der Waals surface area contributed by atoms with Gasteiger partial charge >= 0.3 is 0 Å². The Labute approximate surface area is 125 Å². The van der Waals surface area contributed by atoms with Crippen LogP contribution in [0.5, 0.6) is 0 Å². The average Bonchev–Trinajstić information content (AvgIpc) is 2.97. The molecule has 0 atom stereocenters. The number of rotatable bonds is 3. The Hall–Kier alpha value is -1.81. The Balaban J connectivity index is 1.80. The SMILES string of the molecule is CCN(C(=O)c1ccc2[nH]ccc2c1)C1CCC(N)CC1.